The molecule has 4 rings (SSSR count). The Morgan fingerprint density at radius 3 is 2.71 bits per heavy atom. The van der Waals surface area contributed by atoms with Crippen LogP contribution in [-0.2, 0) is 6.54 Å². The van der Waals surface area contributed by atoms with E-state index in [1.54, 1.807) is 41.6 Å². The molecule has 1 aliphatic heterocycles. The molecule has 0 saturated carbocycles. The van der Waals surface area contributed by atoms with Gasteiger partial charge in [-0.15, -0.1) is 0 Å². The molecule has 1 aliphatic rings. The second-order valence-corrected chi connectivity index (χ2v) is 5.48. The Balaban J connectivity index is 1.66. The molecule has 0 fully saturated rings. The van der Waals surface area contributed by atoms with E-state index in [1.165, 1.54) is 12.1 Å². The lowest BCUT2D eigenvalue weighted by Gasteiger charge is -2.17. The van der Waals surface area contributed by atoms with Crippen LogP contribution < -0.4 is 9.64 Å². The van der Waals surface area contributed by atoms with Gasteiger partial charge in [-0.3, -0.25) is 9.78 Å². The van der Waals surface area contributed by atoms with Crippen molar-refractivity contribution in [2.45, 2.75) is 6.54 Å². The monoisotopic (exact) mass is 320 g/mol. The third-order valence-electron chi connectivity index (χ3n) is 3.86. The summed E-state index contributed by atoms with van der Waals surface area (Å²) in [5.41, 5.74) is 2.05. The Morgan fingerprint density at radius 1 is 1.04 bits per heavy atom. The molecule has 0 unspecified atom stereocenters. The van der Waals surface area contributed by atoms with Gasteiger partial charge in [-0.25, -0.2) is 4.39 Å². The van der Waals surface area contributed by atoms with Crippen LogP contribution in [0, 0.1) is 5.82 Å². The standard InChI is InChI=1S/C19H13FN2O2/c20-14-8-15(10-17(9-14)24-16-5-3-7-21-11-16)22-12-13-4-1-2-6-18(13)19(22)23/h1-11H,12H2. The molecule has 0 radical (unpaired) electrons. The maximum atomic E-state index is 14.0. The summed E-state index contributed by atoms with van der Waals surface area (Å²) in [7, 11) is 0. The van der Waals surface area contributed by atoms with Crippen molar-refractivity contribution in [1.82, 2.24) is 4.98 Å². The topological polar surface area (TPSA) is 42.4 Å². The largest absolute Gasteiger partial charge is 0.456 e. The fraction of sp³-hybridized carbons (Fsp3) is 0.0526. The molecule has 2 heterocycles. The van der Waals surface area contributed by atoms with Crippen molar-refractivity contribution in [1.29, 1.82) is 0 Å². The average molecular weight is 320 g/mol. The van der Waals surface area contributed by atoms with Crippen molar-refractivity contribution in [3.63, 3.8) is 0 Å². The van der Waals surface area contributed by atoms with E-state index in [0.717, 1.165) is 5.56 Å². The van der Waals surface area contributed by atoms with E-state index < -0.39 is 5.82 Å². The van der Waals surface area contributed by atoms with Gasteiger partial charge in [0.2, 0.25) is 0 Å². The molecule has 0 atom stereocenters. The van der Waals surface area contributed by atoms with Crippen LogP contribution in [0.15, 0.2) is 67.0 Å². The average Bonchev–Trinajstić information content (AvgIpc) is 2.93. The van der Waals surface area contributed by atoms with Crippen molar-refractivity contribution in [3.8, 4) is 11.5 Å². The van der Waals surface area contributed by atoms with Crippen LogP contribution in [0.3, 0.4) is 0 Å². The summed E-state index contributed by atoms with van der Waals surface area (Å²) < 4.78 is 19.6. The minimum Gasteiger partial charge on any atom is -0.456 e. The highest BCUT2D eigenvalue weighted by atomic mass is 19.1. The normalized spacial score (nSPS) is 13.0. The number of carbonyl (C=O) groups is 1. The maximum Gasteiger partial charge on any atom is 0.258 e. The Hall–Kier alpha value is -3.21. The molecule has 118 valence electrons. The third-order valence-corrected chi connectivity index (χ3v) is 3.86. The third kappa shape index (κ3) is 2.60. The SMILES string of the molecule is O=C1c2ccccc2CN1c1cc(F)cc(Oc2cccnc2)c1. The molecule has 0 aliphatic carbocycles. The van der Waals surface area contributed by atoms with Gasteiger partial charge in [0.25, 0.3) is 5.91 Å². The first-order chi connectivity index (χ1) is 11.7. The second-order valence-electron chi connectivity index (χ2n) is 5.48. The molecule has 4 nitrogen and oxygen atoms in total. The molecular formula is C19H13FN2O2. The van der Waals surface area contributed by atoms with Crippen LogP contribution >= 0.6 is 0 Å². The summed E-state index contributed by atoms with van der Waals surface area (Å²) >= 11 is 0. The van der Waals surface area contributed by atoms with E-state index >= 15 is 0 Å². The Labute approximate surface area is 138 Å². The lowest BCUT2D eigenvalue weighted by atomic mass is 10.1. The quantitative estimate of drug-likeness (QED) is 0.727. The Bertz CT molecular complexity index is 912. The van der Waals surface area contributed by atoms with Crippen LogP contribution in [0.4, 0.5) is 10.1 Å². The molecule has 5 heteroatoms. The number of hydrogen-bond acceptors (Lipinski definition) is 3. The highest BCUT2D eigenvalue weighted by Gasteiger charge is 2.28. The minimum absolute atomic E-state index is 0.136. The molecular weight excluding hydrogens is 307 g/mol. The Kier molecular flexibility index (Phi) is 3.46. The zero-order valence-corrected chi connectivity index (χ0v) is 12.6. The fourth-order valence-corrected chi connectivity index (χ4v) is 2.77. The van der Waals surface area contributed by atoms with Crippen LogP contribution in [-0.4, -0.2) is 10.9 Å². The number of hydrogen-bond donors (Lipinski definition) is 0. The van der Waals surface area contributed by atoms with E-state index in [4.69, 9.17) is 4.74 Å². The number of nitrogens with zero attached hydrogens (tertiary/aromatic N) is 2. The molecule has 24 heavy (non-hydrogen) atoms. The number of fused-ring (bicyclic) bond motifs is 1. The number of halogens is 1. The first-order valence-corrected chi connectivity index (χ1v) is 7.49. The van der Waals surface area contributed by atoms with Gasteiger partial charge in [0.1, 0.15) is 17.3 Å². The number of aromatic nitrogens is 1. The van der Waals surface area contributed by atoms with Crippen LogP contribution in [0.1, 0.15) is 15.9 Å². The molecule has 2 aromatic carbocycles. The number of ether oxygens (including phenoxy) is 1. The van der Waals surface area contributed by atoms with E-state index in [-0.39, 0.29) is 5.91 Å². The molecule has 0 bridgehead atoms. The van der Waals surface area contributed by atoms with Gasteiger partial charge in [-0.1, -0.05) is 18.2 Å². The summed E-state index contributed by atoms with van der Waals surface area (Å²) in [4.78, 5) is 18.0. The minimum atomic E-state index is -0.463. The fourth-order valence-electron chi connectivity index (χ4n) is 2.77. The first kappa shape index (κ1) is 14.4. The van der Waals surface area contributed by atoms with Gasteiger partial charge in [0.05, 0.1) is 18.4 Å². The second kappa shape index (κ2) is 5.77. The predicted molar refractivity (Wildman–Crippen MR) is 87.7 cm³/mol. The van der Waals surface area contributed by atoms with Crippen molar-refractivity contribution in [2.75, 3.05) is 4.90 Å². The number of benzene rings is 2. The zero-order chi connectivity index (χ0) is 16.5. The summed E-state index contributed by atoms with van der Waals surface area (Å²) in [6.07, 6.45) is 3.17. The van der Waals surface area contributed by atoms with Gasteiger partial charge in [0, 0.05) is 23.9 Å². The number of amides is 1. The highest BCUT2D eigenvalue weighted by molar-refractivity contribution is 6.10. The molecule has 0 saturated heterocycles. The predicted octanol–water partition coefficient (Wildman–Crippen LogP) is 4.17. The first-order valence-electron chi connectivity index (χ1n) is 7.49. The summed E-state index contributed by atoms with van der Waals surface area (Å²) in [5.74, 6) is 0.227. The van der Waals surface area contributed by atoms with Gasteiger partial charge >= 0.3 is 0 Å². The van der Waals surface area contributed by atoms with Crippen molar-refractivity contribution in [3.05, 3.63) is 83.9 Å². The van der Waals surface area contributed by atoms with Crippen LogP contribution in [0.25, 0.3) is 0 Å². The van der Waals surface area contributed by atoms with Crippen LogP contribution in [0.5, 0.6) is 11.5 Å². The highest BCUT2D eigenvalue weighted by Crippen LogP contribution is 2.32. The van der Waals surface area contributed by atoms with Gasteiger partial charge in [-0.2, -0.15) is 0 Å². The number of pyridine rings is 1. The smallest absolute Gasteiger partial charge is 0.258 e. The zero-order valence-electron chi connectivity index (χ0n) is 12.6. The molecule has 1 aromatic heterocycles. The molecule has 0 spiro atoms. The van der Waals surface area contributed by atoms with Gasteiger partial charge in [0.15, 0.2) is 0 Å². The van der Waals surface area contributed by atoms with Crippen LogP contribution in [0.2, 0.25) is 0 Å². The lowest BCUT2D eigenvalue weighted by Crippen LogP contribution is -2.23. The number of carbonyl (C=O) groups excluding carboxylic acids is 1. The van der Waals surface area contributed by atoms with E-state index in [2.05, 4.69) is 4.98 Å². The summed E-state index contributed by atoms with van der Waals surface area (Å²) in [6, 6.07) is 15.1. The molecule has 1 amide bonds. The Morgan fingerprint density at radius 2 is 1.92 bits per heavy atom. The summed E-state index contributed by atoms with van der Waals surface area (Å²) in [6.45, 7) is 0.421. The number of rotatable bonds is 3. The summed E-state index contributed by atoms with van der Waals surface area (Å²) in [5, 5.41) is 0. The number of anilines is 1. The van der Waals surface area contributed by atoms with E-state index in [1.807, 2.05) is 18.2 Å². The van der Waals surface area contributed by atoms with Crippen molar-refractivity contribution in [2.24, 2.45) is 0 Å². The van der Waals surface area contributed by atoms with Crippen molar-refractivity contribution < 1.29 is 13.9 Å². The van der Waals surface area contributed by atoms with Crippen molar-refractivity contribution >= 4 is 11.6 Å². The van der Waals surface area contributed by atoms with Gasteiger partial charge in [-0.05, 0) is 29.8 Å². The van der Waals surface area contributed by atoms with E-state index in [9.17, 15) is 9.18 Å². The maximum absolute atomic E-state index is 14.0. The molecule has 3 aromatic rings. The lowest BCUT2D eigenvalue weighted by molar-refractivity contribution is 0.0996. The molecule has 0 N–H and O–H groups in total. The van der Waals surface area contributed by atoms with E-state index in [0.29, 0.717) is 29.3 Å². The van der Waals surface area contributed by atoms with Gasteiger partial charge < -0.3 is 9.64 Å².